The van der Waals surface area contributed by atoms with E-state index in [1.807, 2.05) is 42.6 Å². The van der Waals surface area contributed by atoms with E-state index in [1.54, 1.807) is 6.92 Å². The number of carboxylic acids is 1. The molecule has 3 heteroatoms. The third-order valence-corrected chi connectivity index (χ3v) is 4.21. The van der Waals surface area contributed by atoms with Crippen molar-refractivity contribution in [1.82, 2.24) is 4.98 Å². The molecule has 23 heavy (non-hydrogen) atoms. The largest absolute Gasteiger partial charge is 0.481 e. The first-order valence-electron chi connectivity index (χ1n) is 7.72. The van der Waals surface area contributed by atoms with Crippen molar-refractivity contribution in [3.63, 3.8) is 0 Å². The molecule has 1 unspecified atom stereocenters. The Kier molecular flexibility index (Phi) is 4.11. The fourth-order valence-corrected chi connectivity index (χ4v) is 2.87. The van der Waals surface area contributed by atoms with Crippen LogP contribution in [-0.2, 0) is 11.2 Å². The summed E-state index contributed by atoms with van der Waals surface area (Å²) in [6, 6.07) is 16.4. The van der Waals surface area contributed by atoms with Gasteiger partial charge in [-0.05, 0) is 47.7 Å². The van der Waals surface area contributed by atoms with Gasteiger partial charge in [-0.3, -0.25) is 9.78 Å². The van der Waals surface area contributed by atoms with Gasteiger partial charge in [-0.15, -0.1) is 0 Å². The number of benzene rings is 2. The van der Waals surface area contributed by atoms with Crippen molar-refractivity contribution in [1.29, 1.82) is 0 Å². The summed E-state index contributed by atoms with van der Waals surface area (Å²) < 4.78 is 0. The third kappa shape index (κ3) is 3.09. The second-order valence-electron chi connectivity index (χ2n) is 5.97. The van der Waals surface area contributed by atoms with E-state index in [0.717, 1.165) is 22.0 Å². The maximum atomic E-state index is 11.0. The zero-order valence-corrected chi connectivity index (χ0v) is 13.3. The minimum atomic E-state index is -0.772. The summed E-state index contributed by atoms with van der Waals surface area (Å²) in [7, 11) is 0. The maximum absolute atomic E-state index is 11.0. The van der Waals surface area contributed by atoms with E-state index in [1.165, 1.54) is 11.1 Å². The van der Waals surface area contributed by atoms with E-state index in [4.69, 9.17) is 5.11 Å². The number of aromatic nitrogens is 1. The molecule has 3 aromatic rings. The van der Waals surface area contributed by atoms with E-state index in [2.05, 4.69) is 24.0 Å². The number of nitrogens with zero attached hydrogens (tertiary/aromatic N) is 1. The maximum Gasteiger partial charge on any atom is 0.306 e. The molecule has 0 amide bonds. The molecule has 0 fully saturated rings. The van der Waals surface area contributed by atoms with Gasteiger partial charge in [-0.2, -0.15) is 0 Å². The van der Waals surface area contributed by atoms with Crippen molar-refractivity contribution < 1.29 is 9.90 Å². The topological polar surface area (TPSA) is 50.2 Å². The molecular weight excluding hydrogens is 286 g/mol. The fraction of sp³-hybridized carbons (Fsp3) is 0.200. The van der Waals surface area contributed by atoms with Gasteiger partial charge < -0.3 is 5.11 Å². The van der Waals surface area contributed by atoms with Crippen LogP contribution in [0.15, 0.2) is 54.7 Å². The van der Waals surface area contributed by atoms with Crippen molar-refractivity contribution in [3.05, 3.63) is 65.9 Å². The zero-order chi connectivity index (χ0) is 16.4. The first kappa shape index (κ1) is 15.2. The van der Waals surface area contributed by atoms with Crippen LogP contribution in [-0.4, -0.2) is 16.1 Å². The molecule has 0 aliphatic carbocycles. The van der Waals surface area contributed by atoms with Crippen molar-refractivity contribution in [2.24, 2.45) is 5.92 Å². The van der Waals surface area contributed by atoms with Crippen LogP contribution in [0.25, 0.3) is 22.0 Å². The van der Waals surface area contributed by atoms with Gasteiger partial charge in [0.1, 0.15) is 0 Å². The highest BCUT2D eigenvalue weighted by molar-refractivity contribution is 5.95. The van der Waals surface area contributed by atoms with Gasteiger partial charge in [0.25, 0.3) is 0 Å². The van der Waals surface area contributed by atoms with Gasteiger partial charge in [0.05, 0.1) is 11.4 Å². The Labute approximate surface area is 135 Å². The first-order valence-corrected chi connectivity index (χ1v) is 7.72. The monoisotopic (exact) mass is 305 g/mol. The lowest BCUT2D eigenvalue weighted by molar-refractivity contribution is -0.141. The summed E-state index contributed by atoms with van der Waals surface area (Å²) in [6.07, 6.45) is 2.33. The SMILES string of the molecule is Cc1ccccc1-c1ccnc2cc(CC(C)C(=O)O)ccc12. The standard InChI is InChI=1S/C20H19NO2/c1-13-5-3-4-6-16(13)17-9-10-21-19-12-15(7-8-18(17)19)11-14(2)20(22)23/h3-10,12,14H,11H2,1-2H3,(H,22,23). The molecule has 0 saturated heterocycles. The number of pyridine rings is 1. The van der Waals surface area contributed by atoms with Gasteiger partial charge in [-0.25, -0.2) is 0 Å². The van der Waals surface area contributed by atoms with E-state index >= 15 is 0 Å². The smallest absolute Gasteiger partial charge is 0.306 e. The highest BCUT2D eigenvalue weighted by Gasteiger charge is 2.13. The Morgan fingerprint density at radius 1 is 1.13 bits per heavy atom. The molecule has 0 saturated carbocycles. The van der Waals surface area contributed by atoms with Gasteiger partial charge in [-0.1, -0.05) is 43.3 Å². The summed E-state index contributed by atoms with van der Waals surface area (Å²) in [4.78, 5) is 15.5. The van der Waals surface area contributed by atoms with Crippen molar-refractivity contribution in [2.75, 3.05) is 0 Å². The number of aliphatic carboxylic acids is 1. The second-order valence-corrected chi connectivity index (χ2v) is 5.97. The predicted molar refractivity (Wildman–Crippen MR) is 92.4 cm³/mol. The van der Waals surface area contributed by atoms with Crippen molar-refractivity contribution >= 4 is 16.9 Å². The minimum absolute atomic E-state index is 0.396. The Morgan fingerprint density at radius 2 is 1.91 bits per heavy atom. The van der Waals surface area contributed by atoms with E-state index in [9.17, 15) is 4.79 Å². The number of hydrogen-bond donors (Lipinski definition) is 1. The third-order valence-electron chi connectivity index (χ3n) is 4.21. The number of carboxylic acid groups (broad SMARTS) is 1. The van der Waals surface area contributed by atoms with Gasteiger partial charge in [0.2, 0.25) is 0 Å². The average Bonchev–Trinajstić information content (AvgIpc) is 2.54. The highest BCUT2D eigenvalue weighted by Crippen LogP contribution is 2.30. The molecule has 0 aliphatic heterocycles. The summed E-state index contributed by atoms with van der Waals surface area (Å²) in [5.74, 6) is -1.17. The molecule has 3 nitrogen and oxygen atoms in total. The van der Waals surface area contributed by atoms with Gasteiger partial charge in [0, 0.05) is 11.6 Å². The Balaban J connectivity index is 2.06. The molecule has 116 valence electrons. The Morgan fingerprint density at radius 3 is 2.65 bits per heavy atom. The molecule has 1 aromatic heterocycles. The lowest BCUT2D eigenvalue weighted by Crippen LogP contribution is -2.12. The van der Waals surface area contributed by atoms with E-state index < -0.39 is 11.9 Å². The van der Waals surface area contributed by atoms with Crippen LogP contribution < -0.4 is 0 Å². The summed E-state index contributed by atoms with van der Waals surface area (Å²) in [5, 5.41) is 10.2. The number of carbonyl (C=O) groups is 1. The summed E-state index contributed by atoms with van der Waals surface area (Å²) in [6.45, 7) is 3.83. The fourth-order valence-electron chi connectivity index (χ4n) is 2.87. The number of aryl methyl sites for hydroxylation is 1. The molecule has 1 heterocycles. The molecule has 0 spiro atoms. The molecule has 0 bridgehead atoms. The molecule has 2 aromatic carbocycles. The summed E-state index contributed by atoms with van der Waals surface area (Å²) >= 11 is 0. The molecule has 0 aliphatic rings. The molecule has 3 rings (SSSR count). The first-order chi connectivity index (χ1) is 11.1. The van der Waals surface area contributed by atoms with Gasteiger partial charge >= 0.3 is 5.97 Å². The summed E-state index contributed by atoms with van der Waals surface area (Å²) in [5.41, 5.74) is 5.49. The second kappa shape index (κ2) is 6.21. The van der Waals surface area contributed by atoms with E-state index in [-0.39, 0.29) is 0 Å². The number of fused-ring (bicyclic) bond motifs is 1. The van der Waals surface area contributed by atoms with Crippen LogP contribution in [0, 0.1) is 12.8 Å². The minimum Gasteiger partial charge on any atom is -0.481 e. The normalized spacial score (nSPS) is 12.3. The Bertz CT molecular complexity index is 870. The quantitative estimate of drug-likeness (QED) is 0.773. The molecule has 0 radical (unpaired) electrons. The van der Waals surface area contributed by atoms with Gasteiger partial charge in [0.15, 0.2) is 0 Å². The highest BCUT2D eigenvalue weighted by atomic mass is 16.4. The van der Waals surface area contributed by atoms with E-state index in [0.29, 0.717) is 6.42 Å². The molecular formula is C20H19NO2. The average molecular weight is 305 g/mol. The van der Waals surface area contributed by atoms with Crippen LogP contribution in [0.5, 0.6) is 0 Å². The Hall–Kier alpha value is -2.68. The van der Waals surface area contributed by atoms with Crippen LogP contribution in [0.1, 0.15) is 18.1 Å². The lowest BCUT2D eigenvalue weighted by atomic mass is 9.95. The van der Waals surface area contributed by atoms with Crippen molar-refractivity contribution in [3.8, 4) is 11.1 Å². The predicted octanol–water partition coefficient (Wildman–Crippen LogP) is 4.47. The van der Waals surface area contributed by atoms with Crippen LogP contribution in [0.3, 0.4) is 0 Å². The van der Waals surface area contributed by atoms with Crippen LogP contribution in [0.2, 0.25) is 0 Å². The van der Waals surface area contributed by atoms with Crippen LogP contribution >= 0.6 is 0 Å². The lowest BCUT2D eigenvalue weighted by Gasteiger charge is -2.11. The number of rotatable bonds is 4. The number of hydrogen-bond acceptors (Lipinski definition) is 2. The zero-order valence-electron chi connectivity index (χ0n) is 13.3. The van der Waals surface area contributed by atoms with Crippen molar-refractivity contribution in [2.45, 2.75) is 20.3 Å². The molecule has 1 N–H and O–H groups in total. The molecule has 1 atom stereocenters. The van der Waals surface area contributed by atoms with Crippen LogP contribution in [0.4, 0.5) is 0 Å².